The van der Waals surface area contributed by atoms with Crippen LogP contribution in [-0.2, 0) is 23.9 Å². The molecule has 184 valence electrons. The fraction of sp³-hybridized carbons (Fsp3) is 0.560. The third-order valence-electron chi connectivity index (χ3n) is 7.43. The number of aliphatic hydroxyl groups is 1. The number of hydrogen-bond acceptors (Lipinski definition) is 6. The molecule has 34 heavy (non-hydrogen) atoms. The number of amides is 2. The first-order chi connectivity index (χ1) is 16.2. The Kier molecular flexibility index (Phi) is 6.52. The number of benzene rings is 1. The summed E-state index contributed by atoms with van der Waals surface area (Å²) in [6.07, 6.45) is 2.56. The van der Waals surface area contributed by atoms with E-state index in [0.29, 0.717) is 23.6 Å². The molecule has 1 aromatic rings. The highest BCUT2D eigenvalue weighted by Gasteiger charge is 2.78. The maximum absolute atomic E-state index is 14.3. The normalized spacial score (nSPS) is 31.5. The maximum Gasteiger partial charge on any atom is 0.312 e. The molecule has 4 rings (SSSR count). The Morgan fingerprint density at radius 3 is 2.76 bits per heavy atom. The molecule has 2 unspecified atom stereocenters. The van der Waals surface area contributed by atoms with Crippen molar-refractivity contribution >= 4 is 35.1 Å². The quantitative estimate of drug-likeness (QED) is 0.444. The Hall–Kier alpha value is -2.42. The van der Waals surface area contributed by atoms with Crippen molar-refractivity contribution in [3.8, 4) is 0 Å². The fourth-order valence-electron chi connectivity index (χ4n) is 6.18. The molecular formula is C25H31ClN2O6. The van der Waals surface area contributed by atoms with E-state index in [0.717, 1.165) is 5.56 Å². The average molecular weight is 491 g/mol. The molecule has 0 aliphatic carbocycles. The van der Waals surface area contributed by atoms with Crippen molar-refractivity contribution in [2.24, 2.45) is 11.8 Å². The van der Waals surface area contributed by atoms with Gasteiger partial charge in [-0.1, -0.05) is 29.8 Å². The molecule has 0 radical (unpaired) electrons. The van der Waals surface area contributed by atoms with E-state index in [1.165, 1.54) is 9.80 Å². The van der Waals surface area contributed by atoms with Crippen molar-refractivity contribution in [3.63, 3.8) is 0 Å². The van der Waals surface area contributed by atoms with E-state index in [1.54, 1.807) is 25.1 Å². The van der Waals surface area contributed by atoms with Crippen LogP contribution in [0, 0.1) is 18.8 Å². The second-order valence-corrected chi connectivity index (χ2v) is 9.78. The summed E-state index contributed by atoms with van der Waals surface area (Å²) < 4.78 is 11.8. The predicted octanol–water partition coefficient (Wildman–Crippen LogP) is 2.49. The first kappa shape index (κ1) is 24.7. The lowest BCUT2D eigenvalue weighted by Crippen LogP contribution is -2.57. The number of rotatable bonds is 8. The highest BCUT2D eigenvalue weighted by atomic mass is 35.5. The zero-order valence-corrected chi connectivity index (χ0v) is 20.5. The van der Waals surface area contributed by atoms with E-state index in [4.69, 9.17) is 21.1 Å². The molecule has 3 fully saturated rings. The molecule has 5 atom stereocenters. The molecule has 3 aliphatic heterocycles. The van der Waals surface area contributed by atoms with Gasteiger partial charge in [-0.3, -0.25) is 14.4 Å². The second kappa shape index (κ2) is 8.98. The van der Waals surface area contributed by atoms with Gasteiger partial charge >= 0.3 is 5.97 Å². The van der Waals surface area contributed by atoms with Gasteiger partial charge in [-0.2, -0.15) is 0 Å². The Balaban J connectivity index is 1.83. The molecule has 1 N–H and O–H groups in total. The molecule has 3 aliphatic rings. The number of likely N-dealkylation sites (tertiary alicyclic amines) is 1. The molecule has 3 heterocycles. The Morgan fingerprint density at radius 2 is 2.15 bits per heavy atom. The van der Waals surface area contributed by atoms with Gasteiger partial charge in [0.2, 0.25) is 5.91 Å². The van der Waals surface area contributed by atoms with Crippen LogP contribution in [0.2, 0.25) is 5.02 Å². The number of nitrogens with zero attached hydrogens (tertiary/aromatic N) is 2. The number of para-hydroxylation sites is 1. The number of aryl methyl sites for hydroxylation is 1. The summed E-state index contributed by atoms with van der Waals surface area (Å²) in [5.74, 6) is -2.92. The first-order valence-corrected chi connectivity index (χ1v) is 12.0. The predicted molar refractivity (Wildman–Crippen MR) is 126 cm³/mol. The first-order valence-electron chi connectivity index (χ1n) is 11.6. The van der Waals surface area contributed by atoms with Gasteiger partial charge in [0.15, 0.2) is 0 Å². The second-order valence-electron chi connectivity index (χ2n) is 9.38. The Morgan fingerprint density at radius 1 is 1.41 bits per heavy atom. The zero-order valence-electron chi connectivity index (χ0n) is 19.8. The number of β-amino-alcohol motifs (C(OH)–C–C–N with tert-alkyl or cyclic N) is 1. The van der Waals surface area contributed by atoms with Crippen molar-refractivity contribution in [3.05, 3.63) is 41.4 Å². The summed E-state index contributed by atoms with van der Waals surface area (Å²) in [7, 11) is 0. The number of carbonyl (C=O) groups is 3. The third kappa shape index (κ3) is 3.46. The minimum absolute atomic E-state index is 0.0491. The number of halogens is 1. The van der Waals surface area contributed by atoms with Gasteiger partial charge in [-0.25, -0.2) is 0 Å². The van der Waals surface area contributed by atoms with E-state index >= 15 is 0 Å². The number of aliphatic hydroxyl groups excluding tert-OH is 1. The van der Waals surface area contributed by atoms with Crippen LogP contribution in [-0.4, -0.2) is 71.3 Å². The van der Waals surface area contributed by atoms with Crippen molar-refractivity contribution in [2.45, 2.75) is 50.9 Å². The smallest absolute Gasteiger partial charge is 0.312 e. The molecular weight excluding hydrogens is 460 g/mol. The topological polar surface area (TPSA) is 96.4 Å². The molecule has 2 bridgehead atoms. The highest BCUT2D eigenvalue weighted by molar-refractivity contribution is 6.34. The van der Waals surface area contributed by atoms with E-state index < -0.39 is 35.0 Å². The molecule has 3 saturated heterocycles. The molecule has 9 heteroatoms. The Labute approximate surface area is 204 Å². The fourth-order valence-corrected chi connectivity index (χ4v) is 6.50. The molecule has 8 nitrogen and oxygen atoms in total. The SMILES string of the molecule is C=CCN(C(=O)C1N(CCO)C(=O)[C@@H]2[C@@H](C(=O)OCC)[C@@]3(C)CCC12O3)c1c(C)cccc1Cl. The van der Waals surface area contributed by atoms with Crippen LogP contribution < -0.4 is 4.90 Å². The number of hydrogen-bond donors (Lipinski definition) is 1. The van der Waals surface area contributed by atoms with E-state index in [2.05, 4.69) is 6.58 Å². The molecule has 2 amide bonds. The molecule has 0 saturated carbocycles. The van der Waals surface area contributed by atoms with Gasteiger partial charge in [-0.05, 0) is 45.2 Å². The van der Waals surface area contributed by atoms with Crippen LogP contribution in [0.1, 0.15) is 32.3 Å². The van der Waals surface area contributed by atoms with Gasteiger partial charge < -0.3 is 24.4 Å². The minimum atomic E-state index is -1.19. The lowest BCUT2D eigenvalue weighted by atomic mass is 9.66. The summed E-state index contributed by atoms with van der Waals surface area (Å²) in [5.41, 5.74) is -0.766. The van der Waals surface area contributed by atoms with Gasteiger partial charge in [0.25, 0.3) is 5.91 Å². The van der Waals surface area contributed by atoms with Crippen molar-refractivity contribution < 1.29 is 29.0 Å². The van der Waals surface area contributed by atoms with E-state index in [1.807, 2.05) is 19.9 Å². The number of fused-ring (bicyclic) bond motifs is 1. The van der Waals surface area contributed by atoms with Crippen LogP contribution in [0.5, 0.6) is 0 Å². The summed E-state index contributed by atoms with van der Waals surface area (Å²) in [4.78, 5) is 43.8. The molecule has 1 aromatic carbocycles. The number of anilines is 1. The zero-order chi connectivity index (χ0) is 24.8. The number of ether oxygens (including phenoxy) is 2. The van der Waals surface area contributed by atoms with Crippen molar-refractivity contribution in [1.29, 1.82) is 0 Å². The highest BCUT2D eigenvalue weighted by Crippen LogP contribution is 2.63. The maximum atomic E-state index is 14.3. The monoisotopic (exact) mass is 490 g/mol. The van der Waals surface area contributed by atoms with Gasteiger partial charge in [-0.15, -0.1) is 6.58 Å². The largest absolute Gasteiger partial charge is 0.466 e. The third-order valence-corrected chi connectivity index (χ3v) is 7.73. The number of carbonyl (C=O) groups excluding carboxylic acids is 3. The van der Waals surface area contributed by atoms with Crippen LogP contribution in [0.4, 0.5) is 5.69 Å². The van der Waals surface area contributed by atoms with Crippen LogP contribution in [0.15, 0.2) is 30.9 Å². The van der Waals surface area contributed by atoms with Crippen LogP contribution in [0.3, 0.4) is 0 Å². The van der Waals surface area contributed by atoms with Crippen molar-refractivity contribution in [1.82, 2.24) is 4.90 Å². The van der Waals surface area contributed by atoms with Gasteiger partial charge in [0, 0.05) is 13.1 Å². The Bertz CT molecular complexity index is 1010. The van der Waals surface area contributed by atoms with Crippen LogP contribution in [0.25, 0.3) is 0 Å². The lowest BCUT2D eigenvalue weighted by molar-refractivity contribution is -0.159. The standard InChI is InChI=1S/C25H31ClN2O6/c1-5-12-27(19-15(3)8-7-9-16(19)26)22(31)20-25-11-10-24(4,34-25)18(23(32)33-6-2)17(25)21(30)28(20)13-14-29/h5,7-9,17-18,20,29H,1,6,10-14H2,2-4H3/t17-,18-,20?,24+,25?/m0/s1. The van der Waals surface area contributed by atoms with E-state index in [-0.39, 0.29) is 38.1 Å². The van der Waals surface area contributed by atoms with Gasteiger partial charge in [0.1, 0.15) is 17.6 Å². The molecule has 1 spiro atoms. The summed E-state index contributed by atoms with van der Waals surface area (Å²) in [6.45, 7) is 9.14. The van der Waals surface area contributed by atoms with Crippen molar-refractivity contribution in [2.75, 3.05) is 31.2 Å². The number of esters is 1. The summed E-state index contributed by atoms with van der Waals surface area (Å²) in [5, 5.41) is 10.1. The van der Waals surface area contributed by atoms with Crippen LogP contribution >= 0.6 is 11.6 Å². The minimum Gasteiger partial charge on any atom is -0.466 e. The average Bonchev–Trinajstić information content (AvgIpc) is 3.34. The summed E-state index contributed by atoms with van der Waals surface area (Å²) >= 11 is 6.51. The summed E-state index contributed by atoms with van der Waals surface area (Å²) in [6, 6.07) is 4.34. The lowest BCUT2D eigenvalue weighted by Gasteiger charge is -2.37. The molecule has 0 aromatic heterocycles. The van der Waals surface area contributed by atoms with Gasteiger partial charge in [0.05, 0.1) is 35.4 Å². The van der Waals surface area contributed by atoms with E-state index in [9.17, 15) is 19.5 Å².